The molecule has 2 heteroatoms. The van der Waals surface area contributed by atoms with Crippen LogP contribution in [0.2, 0.25) is 0 Å². The molecule has 0 N–H and O–H groups in total. The van der Waals surface area contributed by atoms with Crippen LogP contribution in [0, 0.1) is 6.92 Å². The first-order valence-corrected chi connectivity index (χ1v) is 4.62. The Morgan fingerprint density at radius 3 is 2.71 bits per heavy atom. The average Bonchev–Trinajstić information content (AvgIpc) is 2.17. The van der Waals surface area contributed by atoms with Gasteiger partial charge in [0, 0.05) is 12.7 Å². The fourth-order valence-electron chi connectivity index (χ4n) is 1.22. The minimum Gasteiger partial charge on any atom is -0.312 e. The zero-order valence-electron chi connectivity index (χ0n) is 8.82. The zero-order valence-corrected chi connectivity index (χ0v) is 8.82. The highest BCUT2D eigenvalue weighted by Crippen LogP contribution is 2.14. The largest absolute Gasteiger partial charge is 0.312 e. The number of rotatable bonds is 2. The smallest absolute Gasteiger partial charge is 0.250 e. The van der Waals surface area contributed by atoms with Crippen molar-refractivity contribution in [2.24, 2.45) is 0 Å². The van der Waals surface area contributed by atoms with Crippen molar-refractivity contribution >= 4 is 11.6 Å². The van der Waals surface area contributed by atoms with Gasteiger partial charge >= 0.3 is 0 Å². The summed E-state index contributed by atoms with van der Waals surface area (Å²) in [5.74, 6) is -0.00176. The van der Waals surface area contributed by atoms with Crippen LogP contribution < -0.4 is 4.90 Å². The molecule has 1 aromatic carbocycles. The highest BCUT2D eigenvalue weighted by atomic mass is 16.2. The third-order valence-electron chi connectivity index (χ3n) is 2.03. The van der Waals surface area contributed by atoms with Gasteiger partial charge in [-0.2, -0.15) is 0 Å². The molecule has 0 fully saturated rings. The molecule has 0 aliphatic carbocycles. The van der Waals surface area contributed by atoms with Crippen molar-refractivity contribution in [3.63, 3.8) is 0 Å². The number of hydrogen-bond acceptors (Lipinski definition) is 1. The number of amides is 1. The number of likely N-dealkylation sites (N-methyl/N-ethyl adjacent to an activating group) is 1. The van der Waals surface area contributed by atoms with Crippen molar-refractivity contribution in [2.75, 3.05) is 11.9 Å². The molecule has 1 amide bonds. The van der Waals surface area contributed by atoms with E-state index in [0.29, 0.717) is 0 Å². The maximum Gasteiger partial charge on any atom is 0.250 e. The van der Waals surface area contributed by atoms with Gasteiger partial charge in [0.25, 0.3) is 0 Å². The molecule has 0 bridgehead atoms. The molecular weight excluding hydrogens is 174 g/mol. The van der Waals surface area contributed by atoms with Crippen LogP contribution in [0.15, 0.2) is 36.4 Å². The Balaban J connectivity index is 2.89. The highest BCUT2D eigenvalue weighted by molar-refractivity contribution is 6.00. The van der Waals surface area contributed by atoms with Gasteiger partial charge in [0.1, 0.15) is 0 Å². The summed E-state index contributed by atoms with van der Waals surface area (Å²) in [6.07, 6.45) is 3.30. The predicted molar refractivity (Wildman–Crippen MR) is 59.4 cm³/mol. The monoisotopic (exact) mass is 189 g/mol. The van der Waals surface area contributed by atoms with Gasteiger partial charge in [-0.15, -0.1) is 0 Å². The van der Waals surface area contributed by atoms with Gasteiger partial charge in [0.15, 0.2) is 0 Å². The van der Waals surface area contributed by atoms with E-state index >= 15 is 0 Å². The number of allylic oxidation sites excluding steroid dienone is 1. The van der Waals surface area contributed by atoms with E-state index < -0.39 is 0 Å². The molecule has 0 aliphatic rings. The molecule has 0 heterocycles. The predicted octanol–water partition coefficient (Wildman–Crippen LogP) is 2.53. The average molecular weight is 189 g/mol. The van der Waals surface area contributed by atoms with Crippen LogP contribution >= 0.6 is 0 Å². The van der Waals surface area contributed by atoms with Crippen LogP contribution in [-0.2, 0) is 4.79 Å². The summed E-state index contributed by atoms with van der Waals surface area (Å²) in [6, 6.07) is 7.87. The van der Waals surface area contributed by atoms with E-state index in [0.717, 1.165) is 11.3 Å². The van der Waals surface area contributed by atoms with Crippen LogP contribution in [0.4, 0.5) is 5.69 Å². The van der Waals surface area contributed by atoms with Crippen molar-refractivity contribution in [1.82, 2.24) is 0 Å². The Kier molecular flexibility index (Phi) is 3.46. The molecule has 0 aromatic heterocycles. The number of carbonyl (C=O) groups excluding carboxylic acids is 1. The summed E-state index contributed by atoms with van der Waals surface area (Å²) in [4.78, 5) is 13.1. The van der Waals surface area contributed by atoms with Crippen LogP contribution in [0.3, 0.4) is 0 Å². The first-order valence-electron chi connectivity index (χ1n) is 4.62. The second kappa shape index (κ2) is 4.61. The van der Waals surface area contributed by atoms with Gasteiger partial charge in [-0.3, -0.25) is 4.79 Å². The van der Waals surface area contributed by atoms with E-state index in [-0.39, 0.29) is 5.91 Å². The van der Waals surface area contributed by atoms with E-state index in [1.165, 1.54) is 0 Å². The molecule has 74 valence electrons. The van der Waals surface area contributed by atoms with Crippen molar-refractivity contribution in [2.45, 2.75) is 13.8 Å². The minimum absolute atomic E-state index is 0.00176. The Morgan fingerprint density at radius 1 is 1.43 bits per heavy atom. The lowest BCUT2D eigenvalue weighted by molar-refractivity contribution is -0.113. The molecular formula is C12H15NO. The van der Waals surface area contributed by atoms with Crippen LogP contribution in [0.25, 0.3) is 0 Å². The van der Waals surface area contributed by atoms with Gasteiger partial charge in [-0.1, -0.05) is 18.2 Å². The maximum atomic E-state index is 11.5. The Labute approximate surface area is 84.9 Å². The quantitative estimate of drug-likeness (QED) is 0.655. The lowest BCUT2D eigenvalue weighted by atomic mass is 10.2. The van der Waals surface area contributed by atoms with E-state index in [1.54, 1.807) is 24.1 Å². The molecule has 1 rings (SSSR count). The summed E-state index contributed by atoms with van der Waals surface area (Å²) in [5, 5.41) is 0. The molecule has 0 atom stereocenters. The number of nitrogens with zero attached hydrogens (tertiary/aromatic N) is 1. The first-order chi connectivity index (χ1) is 6.65. The number of aryl methyl sites for hydroxylation is 1. The lowest BCUT2D eigenvalue weighted by Crippen LogP contribution is -2.23. The molecule has 1 aromatic rings. The highest BCUT2D eigenvalue weighted by Gasteiger charge is 2.06. The van der Waals surface area contributed by atoms with Crippen molar-refractivity contribution in [3.05, 3.63) is 42.0 Å². The molecule has 0 saturated heterocycles. The van der Waals surface area contributed by atoms with Gasteiger partial charge in [0.05, 0.1) is 0 Å². The molecule has 0 saturated carbocycles. The van der Waals surface area contributed by atoms with Crippen LogP contribution in [0.1, 0.15) is 12.5 Å². The minimum atomic E-state index is -0.00176. The first kappa shape index (κ1) is 10.5. The Morgan fingerprint density at radius 2 is 2.14 bits per heavy atom. The van der Waals surface area contributed by atoms with E-state index in [9.17, 15) is 4.79 Å². The van der Waals surface area contributed by atoms with E-state index in [2.05, 4.69) is 0 Å². The SMILES string of the molecule is CC=CC(=O)N(C)c1cccc(C)c1. The fraction of sp³-hybridized carbons (Fsp3) is 0.250. The van der Waals surface area contributed by atoms with Gasteiger partial charge in [-0.05, 0) is 37.6 Å². The zero-order chi connectivity index (χ0) is 10.6. The fourth-order valence-corrected chi connectivity index (χ4v) is 1.22. The molecule has 14 heavy (non-hydrogen) atoms. The summed E-state index contributed by atoms with van der Waals surface area (Å²) >= 11 is 0. The normalized spacial score (nSPS) is 10.5. The molecule has 0 spiro atoms. The second-order valence-electron chi connectivity index (χ2n) is 3.24. The standard InChI is InChI=1S/C12H15NO/c1-4-6-12(14)13(3)11-8-5-7-10(2)9-11/h4-9H,1-3H3. The molecule has 2 nitrogen and oxygen atoms in total. The second-order valence-corrected chi connectivity index (χ2v) is 3.24. The molecule has 0 radical (unpaired) electrons. The number of benzene rings is 1. The topological polar surface area (TPSA) is 20.3 Å². The van der Waals surface area contributed by atoms with Crippen LogP contribution in [0.5, 0.6) is 0 Å². The third-order valence-corrected chi connectivity index (χ3v) is 2.03. The molecule has 0 unspecified atom stereocenters. The van der Waals surface area contributed by atoms with E-state index in [1.807, 2.05) is 38.1 Å². The Hall–Kier alpha value is -1.57. The summed E-state index contributed by atoms with van der Waals surface area (Å²) in [7, 11) is 1.77. The Bertz CT molecular complexity index is 355. The lowest BCUT2D eigenvalue weighted by Gasteiger charge is -2.15. The van der Waals surface area contributed by atoms with E-state index in [4.69, 9.17) is 0 Å². The summed E-state index contributed by atoms with van der Waals surface area (Å²) < 4.78 is 0. The van der Waals surface area contributed by atoms with Gasteiger partial charge in [-0.25, -0.2) is 0 Å². The van der Waals surface area contributed by atoms with Crippen molar-refractivity contribution in [1.29, 1.82) is 0 Å². The molecule has 0 aliphatic heterocycles. The summed E-state index contributed by atoms with van der Waals surface area (Å²) in [6.45, 7) is 3.85. The van der Waals surface area contributed by atoms with Crippen molar-refractivity contribution < 1.29 is 4.79 Å². The number of carbonyl (C=O) groups is 1. The maximum absolute atomic E-state index is 11.5. The van der Waals surface area contributed by atoms with Gasteiger partial charge < -0.3 is 4.90 Å². The third kappa shape index (κ3) is 2.46. The van der Waals surface area contributed by atoms with Crippen molar-refractivity contribution in [3.8, 4) is 0 Å². The number of anilines is 1. The van der Waals surface area contributed by atoms with Crippen LogP contribution in [-0.4, -0.2) is 13.0 Å². The summed E-state index contributed by atoms with van der Waals surface area (Å²) in [5.41, 5.74) is 2.08. The number of hydrogen-bond donors (Lipinski definition) is 0. The van der Waals surface area contributed by atoms with Gasteiger partial charge in [0.2, 0.25) is 5.91 Å².